The van der Waals surface area contributed by atoms with Gasteiger partial charge in [-0.2, -0.15) is 13.1 Å². The van der Waals surface area contributed by atoms with Gasteiger partial charge < -0.3 is 5.32 Å². The number of fused-ring (bicyclic) bond motifs is 1. The SMILES string of the molecule is C[C@@H](NC(=O)[C@H]1CCCN(S(=O)(=O)c2cccc3nsnc23)C1)c1ccccc1. The number of benzene rings is 2. The second-order valence-electron chi connectivity index (χ2n) is 7.23. The highest BCUT2D eigenvalue weighted by atomic mass is 32.2. The molecule has 9 heteroatoms. The molecule has 1 N–H and O–H groups in total. The van der Waals surface area contributed by atoms with Gasteiger partial charge in [0.25, 0.3) is 0 Å². The van der Waals surface area contributed by atoms with Gasteiger partial charge in [0.1, 0.15) is 15.9 Å². The summed E-state index contributed by atoms with van der Waals surface area (Å²) in [5.41, 5.74) is 1.98. The Hall–Kier alpha value is -2.36. The Morgan fingerprint density at radius 1 is 1.17 bits per heavy atom. The summed E-state index contributed by atoms with van der Waals surface area (Å²) in [5, 5.41) is 3.02. The van der Waals surface area contributed by atoms with Crippen LogP contribution in [0.3, 0.4) is 0 Å². The molecule has 2 heterocycles. The number of hydrogen-bond donors (Lipinski definition) is 1. The smallest absolute Gasteiger partial charge is 0.245 e. The van der Waals surface area contributed by atoms with Crippen LogP contribution in [-0.2, 0) is 14.8 Å². The van der Waals surface area contributed by atoms with Crippen molar-refractivity contribution in [1.29, 1.82) is 0 Å². The fourth-order valence-corrected chi connectivity index (χ4v) is 5.94. The first-order chi connectivity index (χ1) is 14.0. The van der Waals surface area contributed by atoms with Crippen molar-refractivity contribution in [2.75, 3.05) is 13.1 Å². The summed E-state index contributed by atoms with van der Waals surface area (Å²) in [6.45, 7) is 2.50. The molecular weight excluding hydrogens is 408 g/mol. The maximum Gasteiger partial charge on any atom is 0.245 e. The van der Waals surface area contributed by atoms with Crippen LogP contribution in [0.15, 0.2) is 53.4 Å². The van der Waals surface area contributed by atoms with Crippen molar-refractivity contribution in [2.24, 2.45) is 5.92 Å². The highest BCUT2D eigenvalue weighted by Crippen LogP contribution is 2.28. The highest BCUT2D eigenvalue weighted by Gasteiger charge is 2.35. The van der Waals surface area contributed by atoms with Crippen LogP contribution in [0.1, 0.15) is 31.4 Å². The van der Waals surface area contributed by atoms with Crippen molar-refractivity contribution < 1.29 is 13.2 Å². The number of rotatable bonds is 5. The van der Waals surface area contributed by atoms with E-state index in [1.54, 1.807) is 18.2 Å². The molecule has 1 aromatic heterocycles. The number of hydrogen-bond acceptors (Lipinski definition) is 6. The van der Waals surface area contributed by atoms with E-state index < -0.39 is 10.0 Å². The summed E-state index contributed by atoms with van der Waals surface area (Å²) in [6.07, 6.45) is 1.31. The van der Waals surface area contributed by atoms with Crippen molar-refractivity contribution in [3.05, 3.63) is 54.1 Å². The van der Waals surface area contributed by atoms with Crippen LogP contribution in [0.25, 0.3) is 11.0 Å². The van der Waals surface area contributed by atoms with E-state index in [0.717, 1.165) is 17.3 Å². The number of carbonyl (C=O) groups is 1. The van der Waals surface area contributed by atoms with Crippen molar-refractivity contribution in [3.63, 3.8) is 0 Å². The van der Waals surface area contributed by atoms with Gasteiger partial charge in [-0.05, 0) is 37.5 Å². The van der Waals surface area contributed by atoms with Crippen LogP contribution >= 0.6 is 11.7 Å². The molecule has 7 nitrogen and oxygen atoms in total. The van der Waals surface area contributed by atoms with Gasteiger partial charge in [-0.15, -0.1) is 0 Å². The molecule has 0 radical (unpaired) electrons. The number of nitrogens with one attached hydrogen (secondary N) is 1. The predicted octanol–water partition coefficient (Wildman–Crippen LogP) is 2.97. The number of nitrogens with zero attached hydrogens (tertiary/aromatic N) is 3. The molecule has 2 aromatic carbocycles. The summed E-state index contributed by atoms with van der Waals surface area (Å²) in [7, 11) is -3.75. The first kappa shape index (κ1) is 19.9. The molecule has 0 bridgehead atoms. The first-order valence-electron chi connectivity index (χ1n) is 9.53. The summed E-state index contributed by atoms with van der Waals surface area (Å²) < 4.78 is 36.2. The Morgan fingerprint density at radius 2 is 1.97 bits per heavy atom. The van der Waals surface area contributed by atoms with Crippen LogP contribution in [0.2, 0.25) is 0 Å². The van der Waals surface area contributed by atoms with Crippen molar-refractivity contribution in [1.82, 2.24) is 18.4 Å². The van der Waals surface area contributed by atoms with Gasteiger partial charge in [-0.1, -0.05) is 36.4 Å². The molecule has 3 aromatic rings. The third-order valence-corrected chi connectivity index (χ3v) is 7.72. The molecule has 152 valence electrons. The lowest BCUT2D eigenvalue weighted by atomic mass is 9.98. The zero-order chi connectivity index (χ0) is 20.4. The van der Waals surface area contributed by atoms with Crippen molar-refractivity contribution >= 4 is 38.7 Å². The minimum atomic E-state index is -3.75. The molecule has 0 aliphatic carbocycles. The minimum absolute atomic E-state index is 0.116. The predicted molar refractivity (Wildman–Crippen MR) is 112 cm³/mol. The number of piperidine rings is 1. The number of carbonyl (C=O) groups excluding carboxylic acids is 1. The Labute approximate surface area is 174 Å². The molecule has 1 amide bonds. The highest BCUT2D eigenvalue weighted by molar-refractivity contribution is 7.89. The maximum atomic E-state index is 13.2. The second-order valence-corrected chi connectivity index (χ2v) is 9.67. The molecule has 1 fully saturated rings. The quantitative estimate of drug-likeness (QED) is 0.672. The Bertz CT molecular complexity index is 1110. The lowest BCUT2D eigenvalue weighted by molar-refractivity contribution is -0.126. The second kappa shape index (κ2) is 8.17. The van der Waals surface area contributed by atoms with Crippen LogP contribution < -0.4 is 5.32 Å². The minimum Gasteiger partial charge on any atom is -0.349 e. The van der Waals surface area contributed by atoms with Gasteiger partial charge in [-0.25, -0.2) is 8.42 Å². The lowest BCUT2D eigenvalue weighted by Gasteiger charge is -2.32. The molecule has 1 aliphatic rings. The van der Waals surface area contributed by atoms with E-state index in [2.05, 4.69) is 14.1 Å². The summed E-state index contributed by atoms with van der Waals surface area (Å²) in [6, 6.07) is 14.6. The van der Waals surface area contributed by atoms with Crippen LogP contribution in [-0.4, -0.2) is 40.5 Å². The van der Waals surface area contributed by atoms with E-state index in [9.17, 15) is 13.2 Å². The largest absolute Gasteiger partial charge is 0.349 e. The fourth-order valence-electron chi connectivity index (χ4n) is 3.66. The van der Waals surface area contributed by atoms with Crippen LogP contribution in [0, 0.1) is 5.92 Å². The molecule has 1 aliphatic heterocycles. The maximum absolute atomic E-state index is 13.2. The summed E-state index contributed by atoms with van der Waals surface area (Å²) in [5.74, 6) is -0.493. The van der Waals surface area contributed by atoms with Gasteiger partial charge >= 0.3 is 0 Å². The van der Waals surface area contributed by atoms with Gasteiger partial charge in [0.15, 0.2) is 0 Å². The third-order valence-electron chi connectivity index (χ3n) is 5.28. The number of sulfonamides is 1. The van der Waals surface area contributed by atoms with E-state index in [1.165, 1.54) is 4.31 Å². The number of amides is 1. The average molecular weight is 431 g/mol. The van der Waals surface area contributed by atoms with E-state index in [-0.39, 0.29) is 29.3 Å². The molecule has 2 atom stereocenters. The normalized spacial score (nSPS) is 19.1. The Morgan fingerprint density at radius 3 is 2.76 bits per heavy atom. The molecular formula is C20H22N4O3S2. The molecule has 0 unspecified atom stereocenters. The molecule has 4 rings (SSSR count). The van der Waals surface area contributed by atoms with E-state index in [0.29, 0.717) is 30.4 Å². The Balaban J connectivity index is 1.50. The van der Waals surface area contributed by atoms with Crippen LogP contribution in [0.4, 0.5) is 0 Å². The van der Waals surface area contributed by atoms with Gasteiger partial charge in [-0.3, -0.25) is 4.79 Å². The standard InChI is InChI=1S/C20H22N4O3S2/c1-14(15-7-3-2-4-8-15)21-20(25)16-9-6-12-24(13-16)29(26,27)18-11-5-10-17-19(18)23-28-22-17/h2-5,7-8,10-11,14,16H,6,9,12-13H2,1H3,(H,21,25)/t14-,16+/m1/s1. The van der Waals surface area contributed by atoms with Gasteiger partial charge in [0.05, 0.1) is 23.7 Å². The Kier molecular flexibility index (Phi) is 5.62. The van der Waals surface area contributed by atoms with Crippen molar-refractivity contribution in [2.45, 2.75) is 30.7 Å². The van der Waals surface area contributed by atoms with E-state index in [4.69, 9.17) is 0 Å². The summed E-state index contributed by atoms with van der Waals surface area (Å²) in [4.78, 5) is 13.0. The zero-order valence-electron chi connectivity index (χ0n) is 16.0. The first-order valence-corrected chi connectivity index (χ1v) is 11.7. The average Bonchev–Trinajstić information content (AvgIpc) is 3.23. The van der Waals surface area contributed by atoms with E-state index in [1.807, 2.05) is 37.3 Å². The van der Waals surface area contributed by atoms with E-state index >= 15 is 0 Å². The molecule has 1 saturated heterocycles. The molecule has 0 spiro atoms. The fraction of sp³-hybridized carbons (Fsp3) is 0.350. The molecule has 0 saturated carbocycles. The van der Waals surface area contributed by atoms with Crippen LogP contribution in [0.5, 0.6) is 0 Å². The zero-order valence-corrected chi connectivity index (χ0v) is 17.6. The van der Waals surface area contributed by atoms with Gasteiger partial charge in [0.2, 0.25) is 15.9 Å². The topological polar surface area (TPSA) is 92.3 Å². The number of aromatic nitrogens is 2. The summed E-state index contributed by atoms with van der Waals surface area (Å²) >= 11 is 0.993. The van der Waals surface area contributed by atoms with Gasteiger partial charge in [0, 0.05) is 13.1 Å². The molecule has 29 heavy (non-hydrogen) atoms. The van der Waals surface area contributed by atoms with Crippen molar-refractivity contribution in [3.8, 4) is 0 Å². The third kappa shape index (κ3) is 4.03. The lowest BCUT2D eigenvalue weighted by Crippen LogP contribution is -2.45. The monoisotopic (exact) mass is 430 g/mol.